The molecule has 0 bridgehead atoms. The van der Waals surface area contributed by atoms with Crippen molar-refractivity contribution < 1.29 is 0 Å². The maximum Gasteiger partial charge on any atom is 0.0621 e. The highest BCUT2D eigenvalue weighted by molar-refractivity contribution is 6.04. The van der Waals surface area contributed by atoms with E-state index >= 15 is 0 Å². The van der Waals surface area contributed by atoms with Crippen molar-refractivity contribution in [3.8, 4) is 0 Å². The van der Waals surface area contributed by atoms with Gasteiger partial charge in [-0.25, -0.2) is 0 Å². The highest BCUT2D eigenvalue weighted by atomic mass is 14.9. The van der Waals surface area contributed by atoms with Crippen LogP contribution in [0.2, 0.25) is 0 Å². The van der Waals surface area contributed by atoms with E-state index in [1.165, 1.54) is 18.6 Å². The molecule has 0 aromatic heterocycles. The van der Waals surface area contributed by atoms with Crippen molar-refractivity contribution in [1.29, 1.82) is 0 Å². The molecule has 0 fully saturated rings. The molecular formula is C13H22N2. The molecule has 0 saturated heterocycles. The fourth-order valence-corrected chi connectivity index (χ4v) is 2.82. The molecule has 0 amide bonds. The predicted molar refractivity (Wildman–Crippen MR) is 65.4 cm³/mol. The van der Waals surface area contributed by atoms with Gasteiger partial charge < -0.3 is 5.32 Å². The Morgan fingerprint density at radius 1 is 1.53 bits per heavy atom. The largest absolute Gasteiger partial charge is 0.312 e. The van der Waals surface area contributed by atoms with Crippen LogP contribution in [0.25, 0.3) is 0 Å². The van der Waals surface area contributed by atoms with E-state index in [1.807, 2.05) is 0 Å². The van der Waals surface area contributed by atoms with Gasteiger partial charge in [-0.2, -0.15) is 0 Å². The summed E-state index contributed by atoms with van der Waals surface area (Å²) in [6.45, 7) is 10.0. The van der Waals surface area contributed by atoms with Gasteiger partial charge in [0, 0.05) is 18.8 Å². The summed E-state index contributed by atoms with van der Waals surface area (Å²) in [6.07, 6.45) is 2.53. The molecule has 0 spiro atoms. The second-order valence-electron chi connectivity index (χ2n) is 4.94. The first-order chi connectivity index (χ1) is 7.24. The third-order valence-electron chi connectivity index (χ3n) is 3.57. The van der Waals surface area contributed by atoms with E-state index < -0.39 is 0 Å². The van der Waals surface area contributed by atoms with E-state index in [1.54, 1.807) is 11.1 Å². The van der Waals surface area contributed by atoms with Gasteiger partial charge in [-0.3, -0.25) is 4.99 Å². The predicted octanol–water partition coefficient (Wildman–Crippen LogP) is 2.41. The average Bonchev–Trinajstić information content (AvgIpc) is 2.63. The first-order valence-electron chi connectivity index (χ1n) is 6.21. The SMILES string of the molecule is CCCC(C)C1=NCC2=C1C(C)CNC2. The fraction of sp³-hybridized carbons (Fsp3) is 0.769. The lowest BCUT2D eigenvalue weighted by atomic mass is 9.84. The quantitative estimate of drug-likeness (QED) is 0.753. The number of hydrogen-bond donors (Lipinski definition) is 1. The number of rotatable bonds is 3. The maximum absolute atomic E-state index is 4.75. The van der Waals surface area contributed by atoms with Gasteiger partial charge in [-0.1, -0.05) is 27.2 Å². The minimum Gasteiger partial charge on any atom is -0.312 e. The highest BCUT2D eigenvalue weighted by Crippen LogP contribution is 2.30. The fourth-order valence-electron chi connectivity index (χ4n) is 2.82. The summed E-state index contributed by atoms with van der Waals surface area (Å²) in [5, 5.41) is 3.47. The molecule has 2 rings (SSSR count). The molecule has 2 aliphatic rings. The Kier molecular flexibility index (Phi) is 3.25. The molecule has 84 valence electrons. The Bertz CT molecular complexity index is 302. The Morgan fingerprint density at radius 2 is 2.33 bits per heavy atom. The van der Waals surface area contributed by atoms with E-state index in [4.69, 9.17) is 4.99 Å². The van der Waals surface area contributed by atoms with Crippen molar-refractivity contribution >= 4 is 5.71 Å². The average molecular weight is 206 g/mol. The molecule has 15 heavy (non-hydrogen) atoms. The van der Waals surface area contributed by atoms with E-state index in [2.05, 4.69) is 26.1 Å². The lowest BCUT2D eigenvalue weighted by Gasteiger charge is -2.25. The van der Waals surface area contributed by atoms with Crippen LogP contribution in [0.4, 0.5) is 0 Å². The molecule has 0 aliphatic carbocycles. The van der Waals surface area contributed by atoms with Crippen LogP contribution < -0.4 is 5.32 Å². The lowest BCUT2D eigenvalue weighted by molar-refractivity contribution is 0.563. The van der Waals surface area contributed by atoms with Crippen LogP contribution in [-0.4, -0.2) is 25.3 Å². The molecule has 0 aromatic rings. The molecule has 0 radical (unpaired) electrons. The summed E-state index contributed by atoms with van der Waals surface area (Å²) in [5.41, 5.74) is 4.56. The van der Waals surface area contributed by atoms with Crippen LogP contribution >= 0.6 is 0 Å². The van der Waals surface area contributed by atoms with Crippen molar-refractivity contribution in [2.45, 2.75) is 33.6 Å². The van der Waals surface area contributed by atoms with Gasteiger partial charge in [0.15, 0.2) is 0 Å². The van der Waals surface area contributed by atoms with Gasteiger partial charge in [-0.15, -0.1) is 0 Å². The summed E-state index contributed by atoms with van der Waals surface area (Å²) in [7, 11) is 0. The summed E-state index contributed by atoms with van der Waals surface area (Å²) < 4.78 is 0. The van der Waals surface area contributed by atoms with Gasteiger partial charge in [0.1, 0.15) is 0 Å². The first-order valence-corrected chi connectivity index (χ1v) is 6.21. The summed E-state index contributed by atoms with van der Waals surface area (Å²) >= 11 is 0. The second kappa shape index (κ2) is 4.48. The Balaban J connectivity index is 2.17. The molecule has 1 N–H and O–H groups in total. The van der Waals surface area contributed by atoms with Gasteiger partial charge in [0.25, 0.3) is 0 Å². The van der Waals surface area contributed by atoms with Crippen molar-refractivity contribution in [1.82, 2.24) is 5.32 Å². The topological polar surface area (TPSA) is 24.4 Å². The summed E-state index contributed by atoms with van der Waals surface area (Å²) in [6, 6.07) is 0. The third-order valence-corrected chi connectivity index (χ3v) is 3.57. The number of hydrogen-bond acceptors (Lipinski definition) is 2. The van der Waals surface area contributed by atoms with Crippen LogP contribution in [0.15, 0.2) is 16.1 Å². The molecule has 2 unspecified atom stereocenters. The van der Waals surface area contributed by atoms with Crippen LogP contribution in [-0.2, 0) is 0 Å². The zero-order valence-corrected chi connectivity index (χ0v) is 10.1. The summed E-state index contributed by atoms with van der Waals surface area (Å²) in [4.78, 5) is 4.75. The van der Waals surface area contributed by atoms with E-state index in [9.17, 15) is 0 Å². The van der Waals surface area contributed by atoms with E-state index in [-0.39, 0.29) is 0 Å². The maximum atomic E-state index is 4.75. The van der Waals surface area contributed by atoms with Crippen LogP contribution in [0.5, 0.6) is 0 Å². The number of aliphatic imine (C=N–C) groups is 1. The zero-order valence-electron chi connectivity index (χ0n) is 10.1. The lowest BCUT2D eigenvalue weighted by Crippen LogP contribution is -2.33. The Labute approximate surface area is 92.9 Å². The van der Waals surface area contributed by atoms with Crippen molar-refractivity contribution in [2.75, 3.05) is 19.6 Å². The van der Waals surface area contributed by atoms with Gasteiger partial charge in [-0.05, 0) is 29.4 Å². The minimum atomic E-state index is 0.656. The molecule has 2 aliphatic heterocycles. The number of nitrogens with zero attached hydrogens (tertiary/aromatic N) is 1. The van der Waals surface area contributed by atoms with Crippen molar-refractivity contribution in [3.63, 3.8) is 0 Å². The van der Waals surface area contributed by atoms with Crippen molar-refractivity contribution in [3.05, 3.63) is 11.1 Å². The zero-order chi connectivity index (χ0) is 10.8. The minimum absolute atomic E-state index is 0.656. The second-order valence-corrected chi connectivity index (χ2v) is 4.94. The van der Waals surface area contributed by atoms with Gasteiger partial charge in [0.05, 0.1) is 6.54 Å². The Hall–Kier alpha value is -0.630. The molecule has 2 atom stereocenters. The molecular weight excluding hydrogens is 184 g/mol. The van der Waals surface area contributed by atoms with Gasteiger partial charge >= 0.3 is 0 Å². The van der Waals surface area contributed by atoms with Crippen LogP contribution in [0.1, 0.15) is 33.6 Å². The van der Waals surface area contributed by atoms with E-state index in [0.29, 0.717) is 11.8 Å². The first kappa shape index (κ1) is 10.9. The van der Waals surface area contributed by atoms with E-state index in [0.717, 1.165) is 19.6 Å². The normalized spacial score (nSPS) is 27.7. The highest BCUT2D eigenvalue weighted by Gasteiger charge is 2.29. The standard InChI is InChI=1S/C13H22N2/c1-4-5-9(2)13-12-10(3)6-14-7-11(12)8-15-13/h9-10,14H,4-8H2,1-3H3. The molecule has 0 aromatic carbocycles. The van der Waals surface area contributed by atoms with Gasteiger partial charge in [0.2, 0.25) is 0 Å². The Morgan fingerprint density at radius 3 is 3.07 bits per heavy atom. The smallest absolute Gasteiger partial charge is 0.0621 e. The molecule has 2 heterocycles. The molecule has 0 saturated carbocycles. The van der Waals surface area contributed by atoms with Crippen molar-refractivity contribution in [2.24, 2.45) is 16.8 Å². The molecule has 2 nitrogen and oxygen atoms in total. The number of nitrogens with one attached hydrogen (secondary N) is 1. The monoisotopic (exact) mass is 206 g/mol. The summed E-state index contributed by atoms with van der Waals surface area (Å²) in [5.74, 6) is 1.32. The van der Waals surface area contributed by atoms with Crippen LogP contribution in [0.3, 0.4) is 0 Å². The molecule has 2 heteroatoms. The van der Waals surface area contributed by atoms with Crippen LogP contribution in [0, 0.1) is 11.8 Å². The third kappa shape index (κ3) is 2.00.